The summed E-state index contributed by atoms with van der Waals surface area (Å²) in [7, 11) is 2.16. The van der Waals surface area contributed by atoms with E-state index in [1.165, 1.54) is 12.8 Å². The van der Waals surface area contributed by atoms with E-state index in [1.807, 2.05) is 37.1 Å². The lowest BCUT2D eigenvalue weighted by Crippen LogP contribution is -2.44. The van der Waals surface area contributed by atoms with Crippen molar-refractivity contribution >= 4 is 47.2 Å². The fourth-order valence-electron chi connectivity index (χ4n) is 3.57. The minimum Gasteiger partial charge on any atom is -0.354 e. The quantitative estimate of drug-likeness (QED) is 0.425. The number of aromatic amines is 1. The second kappa shape index (κ2) is 9.84. The summed E-state index contributed by atoms with van der Waals surface area (Å²) in [5.74, 6) is 3.09. The summed E-state index contributed by atoms with van der Waals surface area (Å²) in [5, 5.41) is 11.3. The van der Waals surface area contributed by atoms with E-state index in [-0.39, 0.29) is 0 Å². The van der Waals surface area contributed by atoms with Crippen LogP contribution in [-0.4, -0.2) is 63.5 Å². The molecule has 2 aliphatic rings. The van der Waals surface area contributed by atoms with Crippen LogP contribution in [-0.2, 0) is 0 Å². The summed E-state index contributed by atoms with van der Waals surface area (Å²) in [4.78, 5) is 14.2. The van der Waals surface area contributed by atoms with Crippen LogP contribution >= 0.6 is 11.9 Å². The van der Waals surface area contributed by atoms with Crippen molar-refractivity contribution in [2.75, 3.05) is 48.2 Å². The summed E-state index contributed by atoms with van der Waals surface area (Å²) in [6, 6.07) is 12.4. The van der Waals surface area contributed by atoms with Crippen molar-refractivity contribution in [3.8, 4) is 0 Å². The number of aromatic nitrogens is 4. The molecular formula is C24H30N8S. The van der Waals surface area contributed by atoms with Crippen LogP contribution in [0, 0.1) is 6.92 Å². The number of nitrogens with zero attached hydrogens (tertiary/aromatic N) is 5. The second-order valence-corrected chi connectivity index (χ2v) is 9.80. The molecule has 33 heavy (non-hydrogen) atoms. The van der Waals surface area contributed by atoms with Crippen LogP contribution in [0.3, 0.4) is 0 Å². The lowest BCUT2D eigenvalue weighted by molar-refractivity contribution is 0.312. The molecule has 2 aromatic heterocycles. The monoisotopic (exact) mass is 462 g/mol. The molecule has 1 aliphatic heterocycles. The Morgan fingerprint density at radius 3 is 2.48 bits per heavy atom. The third-order valence-electron chi connectivity index (χ3n) is 5.72. The zero-order chi connectivity index (χ0) is 22.6. The molecule has 9 heteroatoms. The van der Waals surface area contributed by atoms with Crippen LogP contribution in [0.1, 0.15) is 29.9 Å². The SMILES string of the molecule is Cc1cc(Nc2cc(N3CCN(C)CC3)nc(/C=C/c3ccc(NSC4CC4)cc3)n2)n[nH]1. The first-order chi connectivity index (χ1) is 16.1. The third kappa shape index (κ3) is 6.06. The number of benzene rings is 1. The number of anilines is 4. The highest BCUT2D eigenvalue weighted by molar-refractivity contribution is 8.01. The molecule has 0 atom stereocenters. The van der Waals surface area contributed by atoms with E-state index in [0.717, 1.165) is 65.8 Å². The Hall–Kier alpha value is -3.04. The number of nitrogens with one attached hydrogen (secondary N) is 3. The van der Waals surface area contributed by atoms with Crippen molar-refractivity contribution in [1.29, 1.82) is 0 Å². The summed E-state index contributed by atoms with van der Waals surface area (Å²) in [6.45, 7) is 5.93. The van der Waals surface area contributed by atoms with Gasteiger partial charge in [0.2, 0.25) is 0 Å². The maximum Gasteiger partial charge on any atom is 0.156 e. The van der Waals surface area contributed by atoms with Gasteiger partial charge < -0.3 is 19.8 Å². The van der Waals surface area contributed by atoms with Crippen LogP contribution in [0.25, 0.3) is 12.2 Å². The zero-order valence-electron chi connectivity index (χ0n) is 19.1. The first-order valence-electron chi connectivity index (χ1n) is 11.4. The highest BCUT2D eigenvalue weighted by Gasteiger charge is 2.22. The molecule has 1 aliphatic carbocycles. The van der Waals surface area contributed by atoms with Crippen LogP contribution in [0.2, 0.25) is 0 Å². The molecular weight excluding hydrogens is 432 g/mol. The minimum atomic E-state index is 0.674. The first kappa shape index (κ1) is 21.8. The predicted octanol–water partition coefficient (Wildman–Crippen LogP) is 4.40. The van der Waals surface area contributed by atoms with Crippen LogP contribution in [0.5, 0.6) is 0 Å². The van der Waals surface area contributed by atoms with Gasteiger partial charge in [-0.1, -0.05) is 18.2 Å². The highest BCUT2D eigenvalue weighted by Crippen LogP contribution is 2.34. The van der Waals surface area contributed by atoms with Gasteiger partial charge >= 0.3 is 0 Å². The van der Waals surface area contributed by atoms with E-state index in [0.29, 0.717) is 5.82 Å². The molecule has 2 fully saturated rings. The van der Waals surface area contributed by atoms with Crippen molar-refractivity contribution in [2.45, 2.75) is 25.0 Å². The number of piperazine rings is 1. The van der Waals surface area contributed by atoms with Crippen molar-refractivity contribution in [3.63, 3.8) is 0 Å². The lowest BCUT2D eigenvalue weighted by atomic mass is 10.2. The number of aryl methyl sites for hydroxylation is 1. The van der Waals surface area contributed by atoms with Gasteiger partial charge in [-0.15, -0.1) is 0 Å². The number of H-pyrrole nitrogens is 1. The molecule has 0 radical (unpaired) electrons. The van der Waals surface area contributed by atoms with E-state index < -0.39 is 0 Å². The summed E-state index contributed by atoms with van der Waals surface area (Å²) < 4.78 is 3.43. The molecule has 1 saturated carbocycles. The van der Waals surface area contributed by atoms with E-state index >= 15 is 0 Å². The van der Waals surface area contributed by atoms with Crippen molar-refractivity contribution in [1.82, 2.24) is 25.1 Å². The molecule has 0 spiro atoms. The maximum atomic E-state index is 4.84. The number of likely N-dealkylation sites (N-methyl/N-ethyl adjacent to an activating group) is 1. The number of rotatable bonds is 8. The van der Waals surface area contributed by atoms with Gasteiger partial charge in [-0.3, -0.25) is 5.10 Å². The Balaban J connectivity index is 1.34. The van der Waals surface area contributed by atoms with Gasteiger partial charge in [0.05, 0.1) is 0 Å². The van der Waals surface area contributed by atoms with E-state index in [4.69, 9.17) is 9.97 Å². The van der Waals surface area contributed by atoms with Gasteiger partial charge in [0.25, 0.3) is 0 Å². The molecule has 0 unspecified atom stereocenters. The summed E-state index contributed by atoms with van der Waals surface area (Å²) in [5.41, 5.74) is 3.25. The molecule has 0 bridgehead atoms. The Bertz CT molecular complexity index is 1100. The van der Waals surface area contributed by atoms with Gasteiger partial charge in [-0.2, -0.15) is 5.10 Å². The van der Waals surface area contributed by atoms with Crippen LogP contribution < -0.4 is 14.9 Å². The van der Waals surface area contributed by atoms with Crippen molar-refractivity contribution in [2.24, 2.45) is 0 Å². The fourth-order valence-corrected chi connectivity index (χ4v) is 4.38. The Morgan fingerprint density at radius 1 is 1.00 bits per heavy atom. The van der Waals surface area contributed by atoms with E-state index in [1.54, 1.807) is 0 Å². The van der Waals surface area contributed by atoms with E-state index in [9.17, 15) is 0 Å². The third-order valence-corrected chi connectivity index (χ3v) is 6.88. The van der Waals surface area contributed by atoms with Crippen molar-refractivity contribution < 1.29 is 0 Å². The number of hydrogen-bond donors (Lipinski definition) is 3. The molecule has 5 rings (SSSR count). The molecule has 1 aromatic carbocycles. The average Bonchev–Trinajstić information content (AvgIpc) is 3.57. The van der Waals surface area contributed by atoms with Gasteiger partial charge in [0.15, 0.2) is 11.6 Å². The molecule has 3 heterocycles. The largest absolute Gasteiger partial charge is 0.354 e. The molecule has 172 valence electrons. The zero-order valence-corrected chi connectivity index (χ0v) is 19.9. The predicted molar refractivity (Wildman–Crippen MR) is 138 cm³/mol. The molecule has 8 nitrogen and oxygen atoms in total. The van der Waals surface area contributed by atoms with Crippen molar-refractivity contribution in [3.05, 3.63) is 53.5 Å². The molecule has 1 saturated heterocycles. The molecule has 3 N–H and O–H groups in total. The standard InChI is InChI=1S/C24H30N8S/c1-17-15-23(29-28-17)26-22-16-24(32-13-11-31(2)12-14-32)27-21(25-22)10-5-18-3-6-19(7-4-18)30-33-20-8-9-20/h3-7,10,15-16,20,30H,8-9,11-14H2,1-2H3,(H2,25,26,27,28,29)/b10-5+. The lowest BCUT2D eigenvalue weighted by Gasteiger charge is -2.33. The highest BCUT2D eigenvalue weighted by atomic mass is 32.2. The normalized spacial score (nSPS) is 17.0. The van der Waals surface area contributed by atoms with Crippen LogP contribution in [0.15, 0.2) is 36.4 Å². The topological polar surface area (TPSA) is 85.0 Å². The Kier molecular flexibility index (Phi) is 6.50. The average molecular weight is 463 g/mol. The minimum absolute atomic E-state index is 0.674. The van der Waals surface area contributed by atoms with E-state index in [2.05, 4.69) is 67.4 Å². The first-order valence-corrected chi connectivity index (χ1v) is 12.3. The Labute approximate surface area is 199 Å². The number of hydrogen-bond acceptors (Lipinski definition) is 8. The van der Waals surface area contributed by atoms with Gasteiger partial charge in [-0.25, -0.2) is 9.97 Å². The van der Waals surface area contributed by atoms with Crippen LogP contribution in [0.4, 0.5) is 23.1 Å². The Morgan fingerprint density at radius 2 is 1.79 bits per heavy atom. The van der Waals surface area contributed by atoms with Gasteiger partial charge in [0.1, 0.15) is 11.6 Å². The second-order valence-electron chi connectivity index (χ2n) is 8.70. The maximum absolute atomic E-state index is 4.84. The smallest absolute Gasteiger partial charge is 0.156 e. The molecule has 0 amide bonds. The van der Waals surface area contributed by atoms with Gasteiger partial charge in [0, 0.05) is 54.9 Å². The summed E-state index contributed by atoms with van der Waals surface area (Å²) in [6.07, 6.45) is 6.68. The summed E-state index contributed by atoms with van der Waals surface area (Å²) >= 11 is 1.82. The molecule has 3 aromatic rings. The van der Waals surface area contributed by atoms with Gasteiger partial charge in [-0.05, 0) is 62.5 Å². The fraction of sp³-hybridized carbons (Fsp3) is 0.375.